The summed E-state index contributed by atoms with van der Waals surface area (Å²) in [5, 5.41) is 11.6. The monoisotopic (exact) mass is 486 g/mol. The van der Waals surface area contributed by atoms with Crippen LogP contribution in [0.1, 0.15) is 37.9 Å². The van der Waals surface area contributed by atoms with Gasteiger partial charge in [-0.05, 0) is 30.7 Å². The first-order valence-electron chi connectivity index (χ1n) is 9.95. The molecule has 0 aromatic heterocycles. The Bertz CT molecular complexity index is 1120. The first-order chi connectivity index (χ1) is 14.6. The zero-order chi connectivity index (χ0) is 21.1. The number of ether oxygens (including phenoxy) is 1. The van der Waals surface area contributed by atoms with Gasteiger partial charge in [0, 0.05) is 21.0 Å². The molecule has 1 amide bonds. The van der Waals surface area contributed by atoms with Crippen LogP contribution in [0.25, 0.3) is 5.70 Å². The third kappa shape index (κ3) is 4.11. The summed E-state index contributed by atoms with van der Waals surface area (Å²) in [6.45, 7) is 2.18. The molecule has 2 heterocycles. The van der Waals surface area contributed by atoms with Gasteiger partial charge in [0.25, 0.3) is 5.91 Å². The Labute approximate surface area is 188 Å². The molecule has 2 aromatic carbocycles. The number of amides is 1. The van der Waals surface area contributed by atoms with Crippen LogP contribution in [0, 0.1) is 0 Å². The first-order valence-corrected chi connectivity index (χ1v) is 11.7. The highest BCUT2D eigenvalue weighted by molar-refractivity contribution is 9.10. The number of carbonyl (C=O) groups excluding carboxylic acids is 1. The maximum absolute atomic E-state index is 13.1. The highest BCUT2D eigenvalue weighted by atomic mass is 79.9. The van der Waals surface area contributed by atoms with Crippen molar-refractivity contribution in [1.29, 1.82) is 0 Å². The number of hydrogen-bond acceptors (Lipinski definition) is 6. The van der Waals surface area contributed by atoms with Crippen LogP contribution < -0.4 is 20.6 Å². The van der Waals surface area contributed by atoms with Crippen LogP contribution in [0.15, 0.2) is 57.0 Å². The summed E-state index contributed by atoms with van der Waals surface area (Å²) in [6.07, 6.45) is 2.90. The molecule has 156 valence electrons. The summed E-state index contributed by atoms with van der Waals surface area (Å²) in [6, 6.07) is 13.4. The van der Waals surface area contributed by atoms with Crippen LogP contribution >= 0.6 is 27.7 Å². The predicted octanol–water partition coefficient (Wildman–Crippen LogP) is 3.52. The lowest BCUT2D eigenvalue weighted by atomic mass is 10.1. The number of fused-ring (bicyclic) bond motifs is 2. The second-order valence-corrected chi connectivity index (χ2v) is 9.01. The van der Waals surface area contributed by atoms with Gasteiger partial charge in [0.15, 0.2) is 11.3 Å². The van der Waals surface area contributed by atoms with Crippen LogP contribution in [0.3, 0.4) is 0 Å². The van der Waals surface area contributed by atoms with Gasteiger partial charge in [0.2, 0.25) is 0 Å². The molecule has 4 rings (SSSR count). The van der Waals surface area contributed by atoms with Gasteiger partial charge in [-0.2, -0.15) is 0 Å². The largest absolute Gasteiger partial charge is 0.496 e. The van der Waals surface area contributed by atoms with Crippen molar-refractivity contribution in [3.8, 4) is 5.75 Å². The lowest BCUT2D eigenvalue weighted by Gasteiger charge is -2.34. The summed E-state index contributed by atoms with van der Waals surface area (Å²) < 4.78 is 6.51. The van der Waals surface area contributed by atoms with E-state index in [0.29, 0.717) is 16.6 Å². The van der Waals surface area contributed by atoms with E-state index in [4.69, 9.17) is 14.8 Å². The first kappa shape index (κ1) is 20.9. The molecule has 8 heteroatoms. The van der Waals surface area contributed by atoms with E-state index in [1.54, 1.807) is 23.9 Å². The molecule has 0 radical (unpaired) electrons. The molecule has 1 atom stereocenters. The molecule has 0 bridgehead atoms. The highest BCUT2D eigenvalue weighted by Gasteiger charge is 2.35. The minimum Gasteiger partial charge on any atom is -0.496 e. The average molecular weight is 487 g/mol. The second kappa shape index (κ2) is 9.22. The fourth-order valence-corrected chi connectivity index (χ4v) is 4.75. The normalized spacial score (nSPS) is 17.5. The Hall–Kier alpha value is -2.32. The number of unbranched alkanes of at least 4 members (excludes halogenated alkanes) is 2. The van der Waals surface area contributed by atoms with Gasteiger partial charge in [-0.3, -0.25) is 15.1 Å². The molecule has 0 spiro atoms. The number of amidine groups is 1. The van der Waals surface area contributed by atoms with Gasteiger partial charge < -0.3 is 4.74 Å². The van der Waals surface area contributed by atoms with Crippen LogP contribution in [0.2, 0.25) is 0 Å². The van der Waals surface area contributed by atoms with Gasteiger partial charge in [-0.15, -0.1) is 5.10 Å². The number of halogens is 1. The van der Waals surface area contributed by atoms with Crippen molar-refractivity contribution in [3.63, 3.8) is 0 Å². The Morgan fingerprint density at radius 2 is 2.07 bits per heavy atom. The van der Waals surface area contributed by atoms with Gasteiger partial charge in [0.1, 0.15) is 11.4 Å². The topological polar surface area (TPSA) is 66.3 Å². The third-order valence-electron chi connectivity index (χ3n) is 4.97. The Morgan fingerprint density at radius 1 is 1.23 bits per heavy atom. The van der Waals surface area contributed by atoms with E-state index >= 15 is 0 Å². The number of hydrogen-bond donors (Lipinski definition) is 1. The van der Waals surface area contributed by atoms with E-state index in [1.807, 2.05) is 42.5 Å². The number of rotatable bonds is 6. The maximum Gasteiger partial charge on any atom is 0.276 e. The SMILES string of the molecule is CCCCCSC1=NN2C(=c3ccccc3=N[C@H]2c2cc(Br)ccc2OC)C(=O)N1. The van der Waals surface area contributed by atoms with E-state index in [9.17, 15) is 4.79 Å². The zero-order valence-electron chi connectivity index (χ0n) is 16.9. The molecule has 0 unspecified atom stereocenters. The molecule has 2 aliphatic rings. The van der Waals surface area contributed by atoms with Gasteiger partial charge in [-0.25, -0.2) is 5.01 Å². The predicted molar refractivity (Wildman–Crippen MR) is 123 cm³/mol. The van der Waals surface area contributed by atoms with Crippen molar-refractivity contribution < 1.29 is 9.53 Å². The summed E-state index contributed by atoms with van der Waals surface area (Å²) in [4.78, 5) is 18.1. The minimum absolute atomic E-state index is 0.163. The molecular weight excluding hydrogens is 464 g/mol. The molecule has 30 heavy (non-hydrogen) atoms. The molecule has 0 aliphatic carbocycles. The van der Waals surface area contributed by atoms with Crippen molar-refractivity contribution in [2.45, 2.75) is 32.4 Å². The van der Waals surface area contributed by atoms with Gasteiger partial charge in [-0.1, -0.05) is 65.7 Å². The third-order valence-corrected chi connectivity index (χ3v) is 6.42. The van der Waals surface area contributed by atoms with Crippen molar-refractivity contribution in [2.24, 2.45) is 10.1 Å². The molecule has 2 aromatic rings. The van der Waals surface area contributed by atoms with E-state index in [1.165, 1.54) is 0 Å². The molecule has 2 aliphatic heterocycles. The van der Waals surface area contributed by atoms with Gasteiger partial charge in [0.05, 0.1) is 12.5 Å². The van der Waals surface area contributed by atoms with Crippen LogP contribution in [0.4, 0.5) is 0 Å². The number of hydrazone groups is 1. The van der Waals surface area contributed by atoms with E-state index in [-0.39, 0.29) is 5.91 Å². The smallest absolute Gasteiger partial charge is 0.276 e. The lowest BCUT2D eigenvalue weighted by molar-refractivity contribution is -0.116. The highest BCUT2D eigenvalue weighted by Crippen LogP contribution is 2.37. The van der Waals surface area contributed by atoms with Crippen LogP contribution in [0.5, 0.6) is 5.75 Å². The average Bonchev–Trinajstić information content (AvgIpc) is 2.76. The number of para-hydroxylation sites is 1. The fraction of sp³-hybridized carbons (Fsp3) is 0.318. The van der Waals surface area contributed by atoms with Crippen molar-refractivity contribution in [1.82, 2.24) is 10.3 Å². The maximum atomic E-state index is 13.1. The van der Waals surface area contributed by atoms with Crippen molar-refractivity contribution >= 4 is 44.5 Å². The Kier molecular flexibility index (Phi) is 6.43. The number of thioether (sulfide) groups is 1. The second-order valence-electron chi connectivity index (χ2n) is 7.01. The zero-order valence-corrected chi connectivity index (χ0v) is 19.3. The Balaban J connectivity index is 1.82. The van der Waals surface area contributed by atoms with E-state index in [2.05, 4.69) is 28.2 Å². The summed E-state index contributed by atoms with van der Waals surface area (Å²) in [5.41, 5.74) is 1.35. The Morgan fingerprint density at radius 3 is 2.87 bits per heavy atom. The van der Waals surface area contributed by atoms with Gasteiger partial charge >= 0.3 is 0 Å². The van der Waals surface area contributed by atoms with Crippen LogP contribution in [-0.4, -0.2) is 28.9 Å². The molecule has 1 N–H and O–H groups in total. The van der Waals surface area contributed by atoms with E-state index < -0.39 is 6.17 Å². The molecule has 0 fully saturated rings. The number of benzene rings is 2. The number of carbonyl (C=O) groups is 1. The van der Waals surface area contributed by atoms with E-state index in [0.717, 1.165) is 45.6 Å². The van der Waals surface area contributed by atoms with Crippen LogP contribution in [-0.2, 0) is 4.79 Å². The van der Waals surface area contributed by atoms with Crippen molar-refractivity contribution in [2.75, 3.05) is 12.9 Å². The standard InChI is InChI=1S/C22H23BrN4O2S/c1-3-4-7-12-30-22-25-21(28)19-15-8-5-6-9-17(15)24-20(27(19)26-22)16-13-14(23)10-11-18(16)29-2/h5-6,8-11,13,20H,3-4,7,12H2,1-2H3,(H,25,26,28)/t20-/m1/s1. The lowest BCUT2D eigenvalue weighted by Crippen LogP contribution is -2.50. The van der Waals surface area contributed by atoms with Crippen molar-refractivity contribution in [3.05, 3.63) is 63.1 Å². The summed E-state index contributed by atoms with van der Waals surface area (Å²) >= 11 is 5.11. The quantitative estimate of drug-likeness (QED) is 0.634. The number of nitrogens with one attached hydrogen (secondary N) is 1. The minimum atomic E-state index is -0.500. The summed E-state index contributed by atoms with van der Waals surface area (Å²) in [7, 11) is 1.63. The number of nitrogens with zero attached hydrogens (tertiary/aromatic N) is 3. The molecule has 6 nitrogen and oxygen atoms in total. The molecule has 0 saturated carbocycles. The summed E-state index contributed by atoms with van der Waals surface area (Å²) in [5.74, 6) is 1.45. The fourth-order valence-electron chi connectivity index (χ4n) is 3.52. The number of methoxy groups -OCH3 is 1. The molecular formula is C22H23BrN4O2S. The molecule has 0 saturated heterocycles.